The predicted octanol–water partition coefficient (Wildman–Crippen LogP) is 2.71. The van der Waals surface area contributed by atoms with E-state index >= 15 is 0 Å². The molecule has 1 aliphatic heterocycles. The molecular weight excluding hydrogens is 346 g/mol. The molecular formula is C19H17N5O3. The van der Waals surface area contributed by atoms with E-state index in [2.05, 4.69) is 25.8 Å². The van der Waals surface area contributed by atoms with Crippen molar-refractivity contribution in [2.45, 2.75) is 20.3 Å². The topological polar surface area (TPSA) is 109 Å². The van der Waals surface area contributed by atoms with E-state index in [1.165, 1.54) is 6.92 Å². The Kier molecular flexibility index (Phi) is 4.15. The SMILES string of the molecule is CC(=O)Nc1ccc(-c2nc3cc(C4=NNC(=O)CC4C)ccc3o2)cn1. The van der Waals surface area contributed by atoms with Gasteiger partial charge in [-0.05, 0) is 30.3 Å². The highest BCUT2D eigenvalue weighted by atomic mass is 16.3. The first-order chi connectivity index (χ1) is 13.0. The van der Waals surface area contributed by atoms with E-state index in [0.717, 1.165) is 11.3 Å². The molecule has 0 spiro atoms. The number of nitrogens with zero attached hydrogens (tertiary/aromatic N) is 3. The van der Waals surface area contributed by atoms with Gasteiger partial charge in [-0.3, -0.25) is 9.59 Å². The van der Waals surface area contributed by atoms with Crippen molar-refractivity contribution in [3.8, 4) is 11.5 Å². The van der Waals surface area contributed by atoms with Crippen molar-refractivity contribution in [1.82, 2.24) is 15.4 Å². The first-order valence-corrected chi connectivity index (χ1v) is 8.51. The Labute approximate surface area is 154 Å². The van der Waals surface area contributed by atoms with Gasteiger partial charge in [0.05, 0.1) is 11.3 Å². The van der Waals surface area contributed by atoms with Gasteiger partial charge in [0.1, 0.15) is 11.3 Å². The van der Waals surface area contributed by atoms with Gasteiger partial charge in [-0.15, -0.1) is 0 Å². The minimum absolute atomic E-state index is 0.0353. The summed E-state index contributed by atoms with van der Waals surface area (Å²) in [7, 11) is 0. The van der Waals surface area contributed by atoms with Gasteiger partial charge >= 0.3 is 0 Å². The number of benzene rings is 1. The number of carbonyl (C=O) groups is 2. The van der Waals surface area contributed by atoms with Crippen LogP contribution in [-0.4, -0.2) is 27.5 Å². The van der Waals surface area contributed by atoms with E-state index in [0.29, 0.717) is 34.8 Å². The van der Waals surface area contributed by atoms with Crippen molar-refractivity contribution >= 4 is 34.4 Å². The highest BCUT2D eigenvalue weighted by molar-refractivity contribution is 6.07. The number of hydrogen-bond acceptors (Lipinski definition) is 6. The monoisotopic (exact) mass is 363 g/mol. The van der Waals surface area contributed by atoms with Crippen molar-refractivity contribution in [1.29, 1.82) is 0 Å². The number of pyridine rings is 1. The third kappa shape index (κ3) is 3.41. The van der Waals surface area contributed by atoms with E-state index in [1.54, 1.807) is 18.3 Å². The molecule has 1 aromatic carbocycles. The van der Waals surface area contributed by atoms with Gasteiger partial charge in [-0.1, -0.05) is 6.92 Å². The van der Waals surface area contributed by atoms with E-state index in [1.807, 2.05) is 25.1 Å². The van der Waals surface area contributed by atoms with Crippen LogP contribution in [0.3, 0.4) is 0 Å². The maximum absolute atomic E-state index is 11.4. The average Bonchev–Trinajstić information content (AvgIpc) is 3.05. The minimum Gasteiger partial charge on any atom is -0.436 e. The van der Waals surface area contributed by atoms with Crippen molar-refractivity contribution in [3.63, 3.8) is 0 Å². The third-order valence-electron chi connectivity index (χ3n) is 4.26. The number of carbonyl (C=O) groups excluding carboxylic acids is 2. The van der Waals surface area contributed by atoms with Crippen LogP contribution in [0.15, 0.2) is 46.0 Å². The molecule has 3 heterocycles. The zero-order valence-corrected chi connectivity index (χ0v) is 14.8. The summed E-state index contributed by atoms with van der Waals surface area (Å²) in [5.74, 6) is 0.687. The van der Waals surface area contributed by atoms with E-state index in [9.17, 15) is 9.59 Å². The number of hydrazone groups is 1. The van der Waals surface area contributed by atoms with Crippen LogP contribution in [0.5, 0.6) is 0 Å². The Balaban J connectivity index is 1.65. The number of oxazole rings is 1. The minimum atomic E-state index is -0.180. The van der Waals surface area contributed by atoms with Gasteiger partial charge in [-0.25, -0.2) is 15.4 Å². The van der Waals surface area contributed by atoms with Crippen LogP contribution in [0.4, 0.5) is 5.82 Å². The van der Waals surface area contributed by atoms with Crippen LogP contribution in [0.1, 0.15) is 25.8 Å². The Bertz CT molecular complexity index is 1070. The quantitative estimate of drug-likeness (QED) is 0.743. The van der Waals surface area contributed by atoms with E-state index in [-0.39, 0.29) is 17.7 Å². The molecule has 8 heteroatoms. The Hall–Kier alpha value is -3.55. The van der Waals surface area contributed by atoms with E-state index < -0.39 is 0 Å². The van der Waals surface area contributed by atoms with Crippen molar-refractivity contribution in [2.24, 2.45) is 11.0 Å². The van der Waals surface area contributed by atoms with Gasteiger partial charge in [0.2, 0.25) is 17.7 Å². The van der Waals surface area contributed by atoms with Crippen LogP contribution >= 0.6 is 0 Å². The Morgan fingerprint density at radius 3 is 2.78 bits per heavy atom. The maximum Gasteiger partial charge on any atom is 0.240 e. The summed E-state index contributed by atoms with van der Waals surface area (Å²) in [6.07, 6.45) is 2.01. The van der Waals surface area contributed by atoms with Crippen LogP contribution in [0.25, 0.3) is 22.6 Å². The zero-order valence-electron chi connectivity index (χ0n) is 14.8. The van der Waals surface area contributed by atoms with Crippen LogP contribution in [-0.2, 0) is 9.59 Å². The lowest BCUT2D eigenvalue weighted by Gasteiger charge is -2.18. The maximum atomic E-state index is 11.4. The molecule has 2 aromatic heterocycles. The molecule has 0 radical (unpaired) electrons. The van der Waals surface area contributed by atoms with Gasteiger partial charge in [0, 0.05) is 31.0 Å². The molecule has 0 aliphatic carbocycles. The fourth-order valence-corrected chi connectivity index (χ4v) is 2.99. The molecule has 1 aliphatic rings. The largest absolute Gasteiger partial charge is 0.436 e. The fourth-order valence-electron chi connectivity index (χ4n) is 2.99. The first-order valence-electron chi connectivity index (χ1n) is 8.51. The molecule has 0 saturated heterocycles. The standard InChI is InChI=1S/C19H17N5O3/c1-10-7-17(26)23-24-18(10)12-3-5-15-14(8-12)22-19(27-15)13-4-6-16(20-9-13)21-11(2)25/h3-6,8-10H,7H2,1-2H3,(H,23,26)(H,20,21,25). The lowest BCUT2D eigenvalue weighted by molar-refractivity contribution is -0.122. The molecule has 0 saturated carbocycles. The van der Waals surface area contributed by atoms with Crippen molar-refractivity contribution < 1.29 is 14.0 Å². The van der Waals surface area contributed by atoms with E-state index in [4.69, 9.17) is 4.42 Å². The molecule has 8 nitrogen and oxygen atoms in total. The number of hydrogen-bond donors (Lipinski definition) is 2. The normalized spacial score (nSPS) is 16.7. The lowest BCUT2D eigenvalue weighted by atomic mass is 9.94. The Morgan fingerprint density at radius 2 is 2.07 bits per heavy atom. The predicted molar refractivity (Wildman–Crippen MR) is 100 cm³/mol. The first kappa shape index (κ1) is 16.9. The smallest absolute Gasteiger partial charge is 0.240 e. The summed E-state index contributed by atoms with van der Waals surface area (Å²) in [5, 5.41) is 6.80. The van der Waals surface area contributed by atoms with Crippen LogP contribution in [0.2, 0.25) is 0 Å². The summed E-state index contributed by atoms with van der Waals surface area (Å²) in [6.45, 7) is 3.40. The average molecular weight is 363 g/mol. The molecule has 4 rings (SSSR count). The molecule has 0 bridgehead atoms. The highest BCUT2D eigenvalue weighted by Crippen LogP contribution is 2.26. The second kappa shape index (κ2) is 6.64. The van der Waals surface area contributed by atoms with Gasteiger partial charge in [-0.2, -0.15) is 5.10 Å². The van der Waals surface area contributed by atoms with Gasteiger partial charge < -0.3 is 9.73 Å². The molecule has 1 atom stereocenters. The Morgan fingerprint density at radius 1 is 1.26 bits per heavy atom. The van der Waals surface area contributed by atoms with Crippen LogP contribution in [0, 0.1) is 5.92 Å². The number of fused-ring (bicyclic) bond motifs is 1. The molecule has 2 amide bonds. The van der Waals surface area contributed by atoms with Crippen molar-refractivity contribution in [3.05, 3.63) is 42.1 Å². The fraction of sp³-hybridized carbons (Fsp3) is 0.211. The molecule has 1 unspecified atom stereocenters. The number of rotatable bonds is 3. The lowest BCUT2D eigenvalue weighted by Crippen LogP contribution is -2.31. The summed E-state index contributed by atoms with van der Waals surface area (Å²) in [5.41, 5.74) is 6.29. The summed E-state index contributed by atoms with van der Waals surface area (Å²) < 4.78 is 5.81. The summed E-state index contributed by atoms with van der Waals surface area (Å²) >= 11 is 0. The number of aromatic nitrogens is 2. The van der Waals surface area contributed by atoms with Crippen LogP contribution < -0.4 is 10.7 Å². The second-order valence-electron chi connectivity index (χ2n) is 6.45. The summed E-state index contributed by atoms with van der Waals surface area (Å²) in [4.78, 5) is 31.2. The molecule has 27 heavy (non-hydrogen) atoms. The third-order valence-corrected chi connectivity index (χ3v) is 4.26. The van der Waals surface area contributed by atoms with Crippen molar-refractivity contribution in [2.75, 3.05) is 5.32 Å². The number of anilines is 1. The molecule has 2 N–H and O–H groups in total. The van der Waals surface area contributed by atoms with Gasteiger partial charge in [0.25, 0.3) is 0 Å². The molecule has 136 valence electrons. The second-order valence-corrected chi connectivity index (χ2v) is 6.45. The molecule has 0 fully saturated rings. The number of nitrogens with one attached hydrogen (secondary N) is 2. The van der Waals surface area contributed by atoms with Gasteiger partial charge in [0.15, 0.2) is 5.58 Å². The summed E-state index contributed by atoms with van der Waals surface area (Å²) in [6, 6.07) is 9.12. The highest BCUT2D eigenvalue weighted by Gasteiger charge is 2.22. The zero-order chi connectivity index (χ0) is 19.0. The molecule has 3 aromatic rings. The number of amides is 2.